The molecule has 0 unspecified atom stereocenters. The maximum Gasteiger partial charge on any atom is 0.258 e. The molecule has 164 valence electrons. The zero-order valence-corrected chi connectivity index (χ0v) is 18.5. The van der Waals surface area contributed by atoms with E-state index in [9.17, 15) is 17.6 Å². The van der Waals surface area contributed by atoms with Crippen molar-refractivity contribution in [2.24, 2.45) is 7.05 Å². The van der Waals surface area contributed by atoms with Crippen LogP contribution in [0.2, 0.25) is 0 Å². The van der Waals surface area contributed by atoms with Crippen molar-refractivity contribution in [2.75, 3.05) is 5.75 Å². The van der Waals surface area contributed by atoms with E-state index in [1.807, 2.05) is 0 Å². The topological polar surface area (TPSA) is 65.4 Å². The van der Waals surface area contributed by atoms with E-state index in [2.05, 4.69) is 0 Å². The molecule has 0 saturated heterocycles. The highest BCUT2D eigenvalue weighted by molar-refractivity contribution is 7.91. The molecule has 0 N–H and O–H groups in total. The van der Waals surface area contributed by atoms with Gasteiger partial charge >= 0.3 is 0 Å². The minimum atomic E-state index is -3.44. The summed E-state index contributed by atoms with van der Waals surface area (Å²) < 4.78 is 46.7. The van der Waals surface area contributed by atoms with E-state index in [0.717, 1.165) is 25.7 Å². The fourth-order valence-corrected chi connectivity index (χ4v) is 5.11. The molecule has 1 aromatic heterocycles. The van der Waals surface area contributed by atoms with Gasteiger partial charge < -0.3 is 9.30 Å². The van der Waals surface area contributed by atoms with Gasteiger partial charge in [0.2, 0.25) is 0 Å². The number of aromatic nitrogens is 1. The summed E-state index contributed by atoms with van der Waals surface area (Å²) in [4.78, 5) is 12.8. The first-order valence-corrected chi connectivity index (χ1v) is 12.3. The van der Waals surface area contributed by atoms with Gasteiger partial charge in [-0.3, -0.25) is 4.79 Å². The largest absolute Gasteiger partial charge is 0.490 e. The summed E-state index contributed by atoms with van der Waals surface area (Å²) in [6.07, 6.45) is 7.03. The van der Waals surface area contributed by atoms with Gasteiger partial charge in [0.1, 0.15) is 11.6 Å². The SMILES string of the molecule is CCS(=O)(=O)c1ccc(OC2CCCCC2)c(-c2cn(C)c(=O)c3cc(F)ccc23)c1. The van der Waals surface area contributed by atoms with Gasteiger partial charge in [0, 0.05) is 24.4 Å². The van der Waals surface area contributed by atoms with Crippen molar-refractivity contribution < 1.29 is 17.5 Å². The van der Waals surface area contributed by atoms with Gasteiger partial charge in [-0.15, -0.1) is 0 Å². The van der Waals surface area contributed by atoms with Gasteiger partial charge in [0.05, 0.1) is 22.1 Å². The minimum absolute atomic E-state index is 0.0193. The van der Waals surface area contributed by atoms with Crippen LogP contribution in [0.1, 0.15) is 39.0 Å². The number of benzene rings is 2. The quantitative estimate of drug-likeness (QED) is 0.565. The normalized spacial score (nSPS) is 15.3. The lowest BCUT2D eigenvalue weighted by Gasteiger charge is -2.25. The van der Waals surface area contributed by atoms with Gasteiger partial charge in [0.25, 0.3) is 5.56 Å². The summed E-state index contributed by atoms with van der Waals surface area (Å²) >= 11 is 0. The van der Waals surface area contributed by atoms with Crippen molar-refractivity contribution in [3.8, 4) is 16.9 Å². The molecule has 3 aromatic rings. The first-order valence-electron chi connectivity index (χ1n) is 10.6. The number of nitrogens with zero attached hydrogens (tertiary/aromatic N) is 1. The predicted octanol–water partition coefficient (Wildman–Crippen LogP) is 4.85. The fourth-order valence-electron chi connectivity index (χ4n) is 4.20. The Hall–Kier alpha value is -2.67. The molecule has 0 amide bonds. The first kappa shape index (κ1) is 21.6. The van der Waals surface area contributed by atoms with Crippen LogP contribution in [0, 0.1) is 5.82 Å². The van der Waals surface area contributed by atoms with Gasteiger partial charge in [-0.05, 0) is 61.4 Å². The second kappa shape index (κ2) is 8.46. The third-order valence-electron chi connectivity index (χ3n) is 5.97. The highest BCUT2D eigenvalue weighted by atomic mass is 32.2. The highest BCUT2D eigenvalue weighted by Crippen LogP contribution is 2.38. The number of halogens is 1. The van der Waals surface area contributed by atoms with E-state index in [1.54, 1.807) is 44.4 Å². The first-order chi connectivity index (χ1) is 14.8. The van der Waals surface area contributed by atoms with Crippen molar-refractivity contribution in [3.05, 3.63) is 58.8 Å². The van der Waals surface area contributed by atoms with E-state index in [-0.39, 0.29) is 27.7 Å². The van der Waals surface area contributed by atoms with Crippen LogP contribution in [0.25, 0.3) is 21.9 Å². The van der Waals surface area contributed by atoms with Gasteiger partial charge in [-0.25, -0.2) is 12.8 Å². The van der Waals surface area contributed by atoms with Crippen LogP contribution in [0.5, 0.6) is 5.75 Å². The van der Waals surface area contributed by atoms with E-state index in [1.165, 1.54) is 23.1 Å². The maximum atomic E-state index is 13.9. The van der Waals surface area contributed by atoms with Crippen LogP contribution < -0.4 is 10.3 Å². The number of aryl methyl sites for hydroxylation is 1. The Kier molecular flexibility index (Phi) is 5.88. The summed E-state index contributed by atoms with van der Waals surface area (Å²) in [6.45, 7) is 1.60. The number of hydrogen-bond donors (Lipinski definition) is 0. The average molecular weight is 444 g/mol. The predicted molar refractivity (Wildman–Crippen MR) is 120 cm³/mol. The van der Waals surface area contributed by atoms with Crippen molar-refractivity contribution in [1.29, 1.82) is 0 Å². The van der Waals surface area contributed by atoms with E-state index < -0.39 is 15.7 Å². The lowest BCUT2D eigenvalue weighted by molar-refractivity contribution is 0.155. The lowest BCUT2D eigenvalue weighted by atomic mass is 9.97. The average Bonchev–Trinajstić information content (AvgIpc) is 2.77. The number of rotatable bonds is 5. The molecule has 1 saturated carbocycles. The van der Waals surface area contributed by atoms with E-state index >= 15 is 0 Å². The molecule has 1 fully saturated rings. The molecule has 0 atom stereocenters. The summed E-state index contributed by atoms with van der Waals surface area (Å²) in [5.41, 5.74) is 0.911. The second-order valence-corrected chi connectivity index (χ2v) is 10.4. The molecule has 0 aliphatic heterocycles. The Balaban J connectivity index is 1.96. The number of fused-ring (bicyclic) bond motifs is 1. The zero-order valence-electron chi connectivity index (χ0n) is 17.7. The lowest BCUT2D eigenvalue weighted by Crippen LogP contribution is -2.20. The summed E-state index contributed by atoms with van der Waals surface area (Å²) in [7, 11) is -1.84. The molecule has 7 heteroatoms. The van der Waals surface area contributed by atoms with Crippen LogP contribution in [0.3, 0.4) is 0 Å². The van der Waals surface area contributed by atoms with Gasteiger partial charge in [-0.2, -0.15) is 0 Å². The molecular weight excluding hydrogens is 417 g/mol. The standard InChI is InChI=1S/C24H26FNO4S/c1-3-31(28,29)18-10-12-23(30-17-7-5-4-6-8-17)20(14-18)22-15-26(2)24(27)21-13-16(25)9-11-19(21)22/h9-15,17H,3-8H2,1-2H3. The molecule has 0 radical (unpaired) electrons. The van der Waals surface area contributed by atoms with Crippen molar-refractivity contribution in [3.63, 3.8) is 0 Å². The molecule has 4 rings (SSSR count). The van der Waals surface area contributed by atoms with Crippen molar-refractivity contribution in [2.45, 2.75) is 50.0 Å². The Labute approximate surface area is 181 Å². The van der Waals surface area contributed by atoms with E-state index in [0.29, 0.717) is 22.3 Å². The Morgan fingerprint density at radius 2 is 1.77 bits per heavy atom. The monoisotopic (exact) mass is 443 g/mol. The molecule has 0 spiro atoms. The molecular formula is C24H26FNO4S. The van der Waals surface area contributed by atoms with Crippen LogP contribution in [-0.2, 0) is 16.9 Å². The number of sulfone groups is 1. The zero-order chi connectivity index (χ0) is 22.2. The van der Waals surface area contributed by atoms with E-state index in [4.69, 9.17) is 4.74 Å². The maximum absolute atomic E-state index is 13.9. The molecule has 1 aliphatic carbocycles. The van der Waals surface area contributed by atoms with Crippen molar-refractivity contribution in [1.82, 2.24) is 4.57 Å². The molecule has 2 aromatic carbocycles. The molecule has 5 nitrogen and oxygen atoms in total. The molecule has 0 bridgehead atoms. The second-order valence-electron chi connectivity index (χ2n) is 8.09. The van der Waals surface area contributed by atoms with Gasteiger partial charge in [0.15, 0.2) is 9.84 Å². The van der Waals surface area contributed by atoms with Crippen molar-refractivity contribution >= 4 is 20.6 Å². The Bertz CT molecular complexity index is 1290. The summed E-state index contributed by atoms with van der Waals surface area (Å²) in [5.74, 6) is 0.0584. The third kappa shape index (κ3) is 4.24. The smallest absolute Gasteiger partial charge is 0.258 e. The molecule has 1 heterocycles. The number of ether oxygens (including phenoxy) is 1. The Morgan fingerprint density at radius 3 is 2.48 bits per heavy atom. The summed E-state index contributed by atoms with van der Waals surface area (Å²) in [5, 5.41) is 0.802. The third-order valence-corrected chi connectivity index (χ3v) is 7.70. The van der Waals surface area contributed by atoms with Crippen LogP contribution in [-0.4, -0.2) is 24.8 Å². The van der Waals surface area contributed by atoms with Crippen LogP contribution >= 0.6 is 0 Å². The highest BCUT2D eigenvalue weighted by Gasteiger charge is 2.22. The minimum Gasteiger partial charge on any atom is -0.490 e. The summed E-state index contributed by atoms with van der Waals surface area (Å²) in [6, 6.07) is 8.97. The Morgan fingerprint density at radius 1 is 1.03 bits per heavy atom. The van der Waals surface area contributed by atoms with Crippen LogP contribution in [0.15, 0.2) is 52.3 Å². The number of pyridine rings is 1. The molecule has 1 aliphatic rings. The fraction of sp³-hybridized carbons (Fsp3) is 0.375. The van der Waals surface area contributed by atoms with Crippen LogP contribution in [0.4, 0.5) is 4.39 Å². The number of hydrogen-bond acceptors (Lipinski definition) is 4. The van der Waals surface area contributed by atoms with Gasteiger partial charge in [-0.1, -0.05) is 19.4 Å². The molecule has 31 heavy (non-hydrogen) atoms.